The Morgan fingerprint density at radius 3 is 2.75 bits per heavy atom. The maximum atomic E-state index is 13.8. The summed E-state index contributed by atoms with van der Waals surface area (Å²) in [6.45, 7) is 4.22. The van der Waals surface area contributed by atoms with Crippen LogP contribution in [0, 0.1) is 31.0 Å². The van der Waals surface area contributed by atoms with Gasteiger partial charge in [0.15, 0.2) is 5.82 Å². The zero-order valence-corrected chi connectivity index (χ0v) is 14.8. The molecule has 0 saturated heterocycles. The van der Waals surface area contributed by atoms with Crippen LogP contribution in [-0.2, 0) is 6.54 Å². The Balaban J connectivity index is 1.98. The average molecular weight is 385 g/mol. The fourth-order valence-corrected chi connectivity index (χ4v) is 2.92. The van der Waals surface area contributed by atoms with E-state index in [2.05, 4.69) is 37.5 Å². The van der Waals surface area contributed by atoms with Crippen LogP contribution in [0.3, 0.4) is 0 Å². The molecule has 0 aliphatic carbocycles. The van der Waals surface area contributed by atoms with Gasteiger partial charge in [0.2, 0.25) is 0 Å². The molecule has 3 aromatic rings. The third-order valence-corrected chi connectivity index (χ3v) is 4.63. The van der Waals surface area contributed by atoms with Crippen LogP contribution in [0.1, 0.15) is 22.4 Å². The number of nitrogens with one attached hydrogen (secondary N) is 1. The maximum absolute atomic E-state index is 13.8. The normalized spacial score (nSPS) is 10.6. The standard InChI is InChI=1S/C18H14BrFN4/c1-10-12(8-21)4-3-5-13(10)9-22-18-15-6-16(19)17(20)7-14(15)11(2)23-24-18/h3-7H,9H2,1-2H3,(H,22,24). The summed E-state index contributed by atoms with van der Waals surface area (Å²) in [6.07, 6.45) is 0. The number of halogens is 2. The van der Waals surface area contributed by atoms with Crippen LogP contribution < -0.4 is 5.32 Å². The quantitative estimate of drug-likeness (QED) is 0.714. The first-order valence-corrected chi connectivity index (χ1v) is 8.15. The van der Waals surface area contributed by atoms with Crippen molar-refractivity contribution in [3.63, 3.8) is 0 Å². The minimum Gasteiger partial charge on any atom is -0.364 e. The van der Waals surface area contributed by atoms with Crippen LogP contribution in [0.4, 0.5) is 10.2 Å². The first kappa shape index (κ1) is 16.3. The fourth-order valence-electron chi connectivity index (χ4n) is 2.58. The number of fused-ring (bicyclic) bond motifs is 1. The number of nitriles is 1. The minimum absolute atomic E-state index is 0.331. The molecule has 1 aromatic heterocycles. The zero-order chi connectivity index (χ0) is 17.3. The number of nitrogens with zero attached hydrogens (tertiary/aromatic N) is 3. The Morgan fingerprint density at radius 2 is 2.00 bits per heavy atom. The molecule has 0 fully saturated rings. The lowest BCUT2D eigenvalue weighted by molar-refractivity contribution is 0.623. The summed E-state index contributed by atoms with van der Waals surface area (Å²) in [6, 6.07) is 10.9. The second-order valence-electron chi connectivity index (χ2n) is 5.50. The third kappa shape index (κ3) is 2.95. The summed E-state index contributed by atoms with van der Waals surface area (Å²) in [5.41, 5.74) is 3.26. The van der Waals surface area contributed by atoms with Crippen LogP contribution in [0.25, 0.3) is 10.8 Å². The molecule has 4 nitrogen and oxygen atoms in total. The number of hydrogen-bond donors (Lipinski definition) is 1. The summed E-state index contributed by atoms with van der Waals surface area (Å²) in [4.78, 5) is 0. The van der Waals surface area contributed by atoms with Crippen LogP contribution >= 0.6 is 15.9 Å². The van der Waals surface area contributed by atoms with Crippen LogP contribution in [0.15, 0.2) is 34.8 Å². The highest BCUT2D eigenvalue weighted by molar-refractivity contribution is 9.10. The van der Waals surface area contributed by atoms with Crippen molar-refractivity contribution in [1.82, 2.24) is 10.2 Å². The summed E-state index contributed by atoms with van der Waals surface area (Å²) >= 11 is 3.21. The number of aromatic nitrogens is 2. The van der Waals surface area contributed by atoms with Crippen LogP contribution in [-0.4, -0.2) is 10.2 Å². The van der Waals surface area contributed by atoms with Gasteiger partial charge in [-0.15, -0.1) is 5.10 Å². The van der Waals surface area contributed by atoms with E-state index in [-0.39, 0.29) is 5.82 Å². The molecule has 120 valence electrons. The molecule has 0 spiro atoms. The number of rotatable bonds is 3. The highest BCUT2D eigenvalue weighted by Gasteiger charge is 2.11. The van der Waals surface area contributed by atoms with E-state index in [1.54, 1.807) is 19.1 Å². The van der Waals surface area contributed by atoms with E-state index in [0.717, 1.165) is 21.9 Å². The Hall–Kier alpha value is -2.52. The lowest BCUT2D eigenvalue weighted by atomic mass is 10.0. The smallest absolute Gasteiger partial charge is 0.156 e. The lowest BCUT2D eigenvalue weighted by Crippen LogP contribution is -2.06. The molecule has 0 aliphatic heterocycles. The van der Waals surface area contributed by atoms with Crippen molar-refractivity contribution in [3.8, 4) is 6.07 Å². The molecule has 0 saturated carbocycles. The van der Waals surface area contributed by atoms with Gasteiger partial charge in [-0.25, -0.2) is 4.39 Å². The van der Waals surface area contributed by atoms with E-state index < -0.39 is 0 Å². The minimum atomic E-state index is -0.331. The topological polar surface area (TPSA) is 61.6 Å². The predicted molar refractivity (Wildman–Crippen MR) is 95.2 cm³/mol. The lowest BCUT2D eigenvalue weighted by Gasteiger charge is -2.12. The van der Waals surface area contributed by atoms with Gasteiger partial charge >= 0.3 is 0 Å². The summed E-state index contributed by atoms with van der Waals surface area (Å²) in [7, 11) is 0. The van der Waals surface area contributed by atoms with Gasteiger partial charge in [0.1, 0.15) is 5.82 Å². The van der Waals surface area contributed by atoms with Crippen molar-refractivity contribution in [2.24, 2.45) is 0 Å². The van der Waals surface area contributed by atoms with Gasteiger partial charge in [-0.05, 0) is 59.1 Å². The Labute approximate surface area is 147 Å². The van der Waals surface area contributed by atoms with Crippen molar-refractivity contribution < 1.29 is 4.39 Å². The highest BCUT2D eigenvalue weighted by atomic mass is 79.9. The molecule has 1 N–H and O–H groups in total. The van der Waals surface area contributed by atoms with Gasteiger partial charge in [-0.2, -0.15) is 10.4 Å². The van der Waals surface area contributed by atoms with E-state index in [9.17, 15) is 4.39 Å². The van der Waals surface area contributed by atoms with E-state index in [1.807, 2.05) is 19.1 Å². The molecule has 1 heterocycles. The SMILES string of the molecule is Cc1c(C#N)cccc1CNc1nnc(C)c2cc(F)c(Br)cc12. The van der Waals surface area contributed by atoms with E-state index in [1.165, 1.54) is 6.07 Å². The average Bonchev–Trinajstić information content (AvgIpc) is 2.57. The van der Waals surface area contributed by atoms with E-state index >= 15 is 0 Å². The predicted octanol–water partition coefficient (Wildman–Crippen LogP) is 4.63. The largest absolute Gasteiger partial charge is 0.364 e. The second kappa shape index (κ2) is 6.54. The molecule has 24 heavy (non-hydrogen) atoms. The summed E-state index contributed by atoms with van der Waals surface area (Å²) in [5, 5.41) is 22.2. The Bertz CT molecular complexity index is 979. The van der Waals surface area contributed by atoms with Crippen molar-refractivity contribution in [2.45, 2.75) is 20.4 Å². The van der Waals surface area contributed by atoms with Gasteiger partial charge in [0.25, 0.3) is 0 Å². The van der Waals surface area contributed by atoms with Crippen molar-refractivity contribution in [3.05, 3.63) is 63.0 Å². The molecule has 2 aromatic carbocycles. The van der Waals surface area contributed by atoms with Crippen molar-refractivity contribution in [1.29, 1.82) is 5.26 Å². The molecule has 0 atom stereocenters. The zero-order valence-electron chi connectivity index (χ0n) is 13.2. The molecular formula is C18H14BrFN4. The fraction of sp³-hybridized carbons (Fsp3) is 0.167. The van der Waals surface area contributed by atoms with Gasteiger partial charge in [0.05, 0.1) is 21.8 Å². The number of benzene rings is 2. The number of hydrogen-bond acceptors (Lipinski definition) is 4. The highest BCUT2D eigenvalue weighted by Crippen LogP contribution is 2.29. The summed E-state index contributed by atoms with van der Waals surface area (Å²) < 4.78 is 14.2. The molecule has 0 amide bonds. The van der Waals surface area contributed by atoms with Gasteiger partial charge in [0, 0.05) is 17.3 Å². The first-order valence-electron chi connectivity index (χ1n) is 7.35. The second-order valence-corrected chi connectivity index (χ2v) is 6.36. The van der Waals surface area contributed by atoms with Crippen LogP contribution in [0.2, 0.25) is 0 Å². The first-order chi connectivity index (χ1) is 11.5. The Kier molecular flexibility index (Phi) is 4.45. The van der Waals surface area contributed by atoms with Gasteiger partial charge < -0.3 is 5.32 Å². The maximum Gasteiger partial charge on any atom is 0.156 e. The van der Waals surface area contributed by atoms with E-state index in [4.69, 9.17) is 5.26 Å². The van der Waals surface area contributed by atoms with Crippen molar-refractivity contribution in [2.75, 3.05) is 5.32 Å². The monoisotopic (exact) mass is 384 g/mol. The van der Waals surface area contributed by atoms with Gasteiger partial charge in [-0.1, -0.05) is 12.1 Å². The van der Waals surface area contributed by atoms with Crippen LogP contribution in [0.5, 0.6) is 0 Å². The molecule has 0 unspecified atom stereocenters. The van der Waals surface area contributed by atoms with Gasteiger partial charge in [-0.3, -0.25) is 0 Å². The van der Waals surface area contributed by atoms with E-state index in [0.29, 0.717) is 28.1 Å². The van der Waals surface area contributed by atoms with Crippen molar-refractivity contribution >= 4 is 32.5 Å². The molecule has 0 bridgehead atoms. The Morgan fingerprint density at radius 1 is 1.21 bits per heavy atom. The molecular weight excluding hydrogens is 371 g/mol. The summed E-state index contributed by atoms with van der Waals surface area (Å²) in [5.74, 6) is 0.250. The molecule has 3 rings (SSSR count). The number of aryl methyl sites for hydroxylation is 1. The number of anilines is 1. The molecule has 0 radical (unpaired) electrons. The third-order valence-electron chi connectivity index (χ3n) is 4.02. The molecule has 6 heteroatoms. The molecule has 0 aliphatic rings.